The highest BCUT2D eigenvalue weighted by Crippen LogP contribution is 2.39. The number of ether oxygens (including phenoxy) is 1. The lowest BCUT2D eigenvalue weighted by Gasteiger charge is -2.38. The highest BCUT2D eigenvalue weighted by atomic mass is 32.2. The number of benzene rings is 3. The van der Waals surface area contributed by atoms with Gasteiger partial charge in [0.1, 0.15) is 17.9 Å². The van der Waals surface area contributed by atoms with E-state index in [0.29, 0.717) is 12.1 Å². The Bertz CT molecular complexity index is 1240. The van der Waals surface area contributed by atoms with Gasteiger partial charge in [-0.3, -0.25) is 9.10 Å². The van der Waals surface area contributed by atoms with Gasteiger partial charge in [0.05, 0.1) is 16.6 Å². The van der Waals surface area contributed by atoms with Gasteiger partial charge in [-0.15, -0.1) is 0 Å². The highest BCUT2D eigenvalue weighted by Gasteiger charge is 2.35. The number of anilines is 1. The van der Waals surface area contributed by atoms with E-state index in [0.717, 1.165) is 21.2 Å². The van der Waals surface area contributed by atoms with Crippen LogP contribution in [0, 0.1) is 6.92 Å². The summed E-state index contributed by atoms with van der Waals surface area (Å²) < 4.78 is 34.2. The minimum atomic E-state index is -3.94. The number of nitrogens with zero attached hydrogens (tertiary/aromatic N) is 1. The second-order valence-electron chi connectivity index (χ2n) is 8.88. The van der Waals surface area contributed by atoms with Gasteiger partial charge in [0, 0.05) is 12.0 Å². The van der Waals surface area contributed by atoms with Crippen molar-refractivity contribution in [1.82, 2.24) is 5.32 Å². The van der Waals surface area contributed by atoms with Crippen LogP contribution < -0.4 is 14.4 Å². The third kappa shape index (κ3) is 5.03. The number of fused-ring (bicyclic) bond motifs is 1. The lowest BCUT2D eigenvalue weighted by atomic mass is 9.89. The number of amides is 1. The topological polar surface area (TPSA) is 75.7 Å². The first-order chi connectivity index (χ1) is 15.7. The predicted octanol–water partition coefficient (Wildman–Crippen LogP) is 4.61. The summed E-state index contributed by atoms with van der Waals surface area (Å²) in [6, 6.07) is 22.6. The lowest BCUT2D eigenvalue weighted by Crippen LogP contribution is -2.45. The van der Waals surface area contributed by atoms with Crippen LogP contribution >= 0.6 is 0 Å². The van der Waals surface area contributed by atoms with Gasteiger partial charge < -0.3 is 10.1 Å². The Morgan fingerprint density at radius 3 is 2.33 bits per heavy atom. The normalized spacial score (nSPS) is 16.9. The first-order valence-corrected chi connectivity index (χ1v) is 12.3. The fourth-order valence-corrected chi connectivity index (χ4v) is 5.49. The van der Waals surface area contributed by atoms with Crippen molar-refractivity contribution in [2.45, 2.75) is 43.7 Å². The Labute approximate surface area is 195 Å². The largest absolute Gasteiger partial charge is 0.487 e. The van der Waals surface area contributed by atoms with Crippen molar-refractivity contribution in [3.05, 3.63) is 90.0 Å². The number of para-hydroxylation sites is 1. The molecule has 1 N–H and O–H groups in total. The summed E-state index contributed by atoms with van der Waals surface area (Å²) in [6.45, 7) is 5.54. The minimum Gasteiger partial charge on any atom is -0.487 e. The maximum absolute atomic E-state index is 13.5. The molecule has 1 heterocycles. The van der Waals surface area contributed by atoms with Crippen LogP contribution in [0.2, 0.25) is 0 Å². The van der Waals surface area contributed by atoms with Crippen LogP contribution in [-0.2, 0) is 14.8 Å². The standard InChI is InChI=1S/C26H28N2O4S/c1-19-13-15-20(16-14-19)28(33(30,31)21-9-5-4-6-10-21)18-25(29)27-23-17-26(2,3)32-24-12-8-7-11-22(23)24/h4-16,23H,17-18H2,1-3H3,(H,27,29). The number of carbonyl (C=O) groups excluding carboxylic acids is 1. The summed E-state index contributed by atoms with van der Waals surface area (Å²) in [5, 5.41) is 3.04. The first kappa shape index (κ1) is 22.9. The third-order valence-electron chi connectivity index (χ3n) is 5.65. The Morgan fingerprint density at radius 1 is 1.00 bits per heavy atom. The SMILES string of the molecule is Cc1ccc(N(CC(=O)NC2CC(C)(C)Oc3ccccc32)S(=O)(=O)c2ccccc2)cc1. The van der Waals surface area contributed by atoms with Crippen molar-refractivity contribution >= 4 is 21.6 Å². The molecular weight excluding hydrogens is 436 g/mol. The van der Waals surface area contributed by atoms with Crippen molar-refractivity contribution in [3.63, 3.8) is 0 Å². The molecule has 33 heavy (non-hydrogen) atoms. The average Bonchev–Trinajstić information content (AvgIpc) is 2.78. The number of hydrogen-bond donors (Lipinski definition) is 1. The van der Waals surface area contributed by atoms with Gasteiger partial charge in [-0.1, -0.05) is 54.1 Å². The van der Waals surface area contributed by atoms with Gasteiger partial charge in [-0.2, -0.15) is 0 Å². The maximum Gasteiger partial charge on any atom is 0.264 e. The molecule has 0 aromatic heterocycles. The van der Waals surface area contributed by atoms with Crippen LogP contribution in [-0.4, -0.2) is 26.5 Å². The highest BCUT2D eigenvalue weighted by molar-refractivity contribution is 7.92. The van der Waals surface area contributed by atoms with E-state index in [1.807, 2.05) is 57.2 Å². The molecule has 0 radical (unpaired) electrons. The van der Waals surface area contributed by atoms with Crippen LogP contribution in [0.3, 0.4) is 0 Å². The number of hydrogen-bond acceptors (Lipinski definition) is 4. The zero-order valence-corrected chi connectivity index (χ0v) is 19.8. The fraction of sp³-hybridized carbons (Fsp3) is 0.269. The molecule has 0 spiro atoms. The van der Waals surface area contributed by atoms with Crippen LogP contribution in [0.4, 0.5) is 5.69 Å². The van der Waals surface area contributed by atoms with E-state index in [1.54, 1.807) is 30.3 Å². The average molecular weight is 465 g/mol. The summed E-state index contributed by atoms with van der Waals surface area (Å²) in [5.41, 5.74) is 1.87. The Kier molecular flexibility index (Phi) is 6.17. The third-order valence-corrected chi connectivity index (χ3v) is 7.44. The molecule has 1 amide bonds. The number of carbonyl (C=O) groups is 1. The van der Waals surface area contributed by atoms with Gasteiger partial charge in [-0.05, 0) is 51.1 Å². The quantitative estimate of drug-likeness (QED) is 0.578. The summed E-state index contributed by atoms with van der Waals surface area (Å²) in [7, 11) is -3.94. The molecule has 172 valence electrons. The van der Waals surface area contributed by atoms with Crippen LogP contribution in [0.25, 0.3) is 0 Å². The zero-order valence-electron chi connectivity index (χ0n) is 19.0. The van der Waals surface area contributed by atoms with E-state index in [9.17, 15) is 13.2 Å². The van der Waals surface area contributed by atoms with Gasteiger partial charge in [0.2, 0.25) is 5.91 Å². The van der Waals surface area contributed by atoms with Gasteiger partial charge in [0.25, 0.3) is 10.0 Å². The summed E-state index contributed by atoms with van der Waals surface area (Å²) >= 11 is 0. The fourth-order valence-electron chi connectivity index (χ4n) is 4.05. The first-order valence-electron chi connectivity index (χ1n) is 10.9. The van der Waals surface area contributed by atoms with E-state index in [-0.39, 0.29) is 23.4 Å². The van der Waals surface area contributed by atoms with Crippen LogP contribution in [0.15, 0.2) is 83.8 Å². The molecule has 1 aliphatic heterocycles. The Morgan fingerprint density at radius 2 is 1.64 bits per heavy atom. The van der Waals surface area contributed by atoms with Crippen molar-refractivity contribution in [2.75, 3.05) is 10.8 Å². The summed E-state index contributed by atoms with van der Waals surface area (Å²) in [4.78, 5) is 13.3. The molecule has 0 saturated carbocycles. The number of nitrogens with one attached hydrogen (secondary N) is 1. The molecule has 1 atom stereocenters. The maximum atomic E-state index is 13.5. The van der Waals surface area contributed by atoms with E-state index in [4.69, 9.17) is 4.74 Å². The molecule has 0 fully saturated rings. The van der Waals surface area contributed by atoms with Gasteiger partial charge >= 0.3 is 0 Å². The van der Waals surface area contributed by atoms with E-state index >= 15 is 0 Å². The van der Waals surface area contributed by atoms with Gasteiger partial charge in [0.15, 0.2) is 0 Å². The number of rotatable bonds is 6. The van der Waals surface area contributed by atoms with Crippen LogP contribution in [0.5, 0.6) is 5.75 Å². The summed E-state index contributed by atoms with van der Waals surface area (Å²) in [5.74, 6) is 0.346. The molecule has 3 aromatic carbocycles. The molecule has 1 aliphatic rings. The minimum absolute atomic E-state index is 0.135. The van der Waals surface area contributed by atoms with Crippen molar-refractivity contribution in [3.8, 4) is 5.75 Å². The Balaban J connectivity index is 1.63. The predicted molar refractivity (Wildman–Crippen MR) is 129 cm³/mol. The monoisotopic (exact) mass is 464 g/mol. The molecule has 3 aromatic rings. The zero-order chi connectivity index (χ0) is 23.6. The van der Waals surface area contributed by atoms with Crippen LogP contribution in [0.1, 0.15) is 37.4 Å². The van der Waals surface area contributed by atoms with Crippen molar-refractivity contribution in [1.29, 1.82) is 0 Å². The van der Waals surface area contributed by atoms with Crippen molar-refractivity contribution in [2.24, 2.45) is 0 Å². The summed E-state index contributed by atoms with van der Waals surface area (Å²) in [6.07, 6.45) is 0.575. The molecular formula is C26H28N2O4S. The second kappa shape index (κ2) is 8.90. The molecule has 4 rings (SSSR count). The molecule has 6 nitrogen and oxygen atoms in total. The lowest BCUT2D eigenvalue weighted by molar-refractivity contribution is -0.120. The molecule has 0 aliphatic carbocycles. The van der Waals surface area contributed by atoms with Crippen molar-refractivity contribution < 1.29 is 17.9 Å². The molecule has 0 saturated heterocycles. The second-order valence-corrected chi connectivity index (χ2v) is 10.7. The molecule has 1 unspecified atom stereocenters. The molecule has 7 heteroatoms. The molecule has 0 bridgehead atoms. The van der Waals surface area contributed by atoms with E-state index < -0.39 is 15.6 Å². The van der Waals surface area contributed by atoms with E-state index in [1.165, 1.54) is 12.1 Å². The smallest absolute Gasteiger partial charge is 0.264 e. The Hall–Kier alpha value is -3.32. The number of aryl methyl sites for hydroxylation is 1. The number of sulfonamides is 1. The van der Waals surface area contributed by atoms with Gasteiger partial charge in [-0.25, -0.2) is 8.42 Å². The van der Waals surface area contributed by atoms with E-state index in [2.05, 4.69) is 5.32 Å².